The molecular weight excluding hydrogens is 475 g/mol. The van der Waals surface area contributed by atoms with Gasteiger partial charge in [0.2, 0.25) is 10.0 Å². The van der Waals surface area contributed by atoms with Crippen LogP contribution in [0.1, 0.15) is 34.1 Å². The second kappa shape index (κ2) is 9.27. The van der Waals surface area contributed by atoms with Crippen LogP contribution in [0.3, 0.4) is 0 Å². The van der Waals surface area contributed by atoms with Crippen molar-refractivity contribution in [2.24, 2.45) is 11.7 Å². The summed E-state index contributed by atoms with van der Waals surface area (Å²) in [5.74, 6) is -1.85. The number of anilines is 1. The van der Waals surface area contributed by atoms with Gasteiger partial charge in [-0.15, -0.1) is 0 Å². The maximum absolute atomic E-state index is 14.6. The Bertz CT molecular complexity index is 1420. The first-order chi connectivity index (χ1) is 16.5. The number of primary amides is 1. The second-order valence-electron chi connectivity index (χ2n) is 8.63. The van der Waals surface area contributed by atoms with Crippen molar-refractivity contribution in [2.75, 3.05) is 31.7 Å². The van der Waals surface area contributed by atoms with E-state index in [2.05, 4.69) is 15.7 Å². The van der Waals surface area contributed by atoms with Crippen LogP contribution in [0.4, 0.5) is 10.1 Å². The Morgan fingerprint density at radius 3 is 2.54 bits per heavy atom. The Morgan fingerprint density at radius 1 is 1.20 bits per heavy atom. The summed E-state index contributed by atoms with van der Waals surface area (Å²) in [6, 6.07) is 5.77. The standard InChI is InChI=1S/C23H27FN6O4S/c1-4-13-10-29(35(3,33)34)12-19(13)28-21-17(22(25)31)9-27-30-11-15(8-20(21)30)14-5-6-16(18(24)7-14)23(32)26-2/h5-9,11,13,19,28H,4,10,12H2,1-3H3,(H2,25,31)(H,26,32)/t13-,19+/m0/s1. The van der Waals surface area contributed by atoms with Crippen molar-refractivity contribution in [3.8, 4) is 11.1 Å². The van der Waals surface area contributed by atoms with Crippen LogP contribution in [-0.4, -0.2) is 66.6 Å². The molecule has 12 heteroatoms. The molecule has 0 radical (unpaired) electrons. The summed E-state index contributed by atoms with van der Waals surface area (Å²) in [5.41, 5.74) is 7.80. The summed E-state index contributed by atoms with van der Waals surface area (Å²) < 4.78 is 41.7. The molecule has 186 valence electrons. The number of carbonyl (C=O) groups is 2. The van der Waals surface area contributed by atoms with Crippen LogP contribution in [0, 0.1) is 11.7 Å². The highest BCUT2D eigenvalue weighted by molar-refractivity contribution is 7.88. The van der Waals surface area contributed by atoms with Crippen LogP contribution in [-0.2, 0) is 10.0 Å². The van der Waals surface area contributed by atoms with Gasteiger partial charge in [0.25, 0.3) is 11.8 Å². The lowest BCUT2D eigenvalue weighted by Crippen LogP contribution is -2.32. The van der Waals surface area contributed by atoms with Crippen LogP contribution < -0.4 is 16.4 Å². The fourth-order valence-corrected chi connectivity index (χ4v) is 5.33. The second-order valence-corrected chi connectivity index (χ2v) is 10.6. The summed E-state index contributed by atoms with van der Waals surface area (Å²) in [7, 11) is -1.94. The molecule has 0 bridgehead atoms. The van der Waals surface area contributed by atoms with Gasteiger partial charge in [0.05, 0.1) is 34.8 Å². The van der Waals surface area contributed by atoms with Gasteiger partial charge < -0.3 is 16.4 Å². The Balaban J connectivity index is 1.76. The number of nitrogens with zero attached hydrogens (tertiary/aromatic N) is 3. The zero-order chi connectivity index (χ0) is 25.5. The molecule has 4 rings (SSSR count). The van der Waals surface area contributed by atoms with Crippen molar-refractivity contribution >= 4 is 33.0 Å². The highest BCUT2D eigenvalue weighted by atomic mass is 32.2. The molecule has 2 atom stereocenters. The number of nitrogens with two attached hydrogens (primary N) is 1. The molecular formula is C23H27FN6O4S. The molecule has 1 aromatic carbocycles. The molecule has 0 unspecified atom stereocenters. The summed E-state index contributed by atoms with van der Waals surface area (Å²) in [4.78, 5) is 24.0. The summed E-state index contributed by atoms with van der Waals surface area (Å²) in [6.07, 6.45) is 4.94. The summed E-state index contributed by atoms with van der Waals surface area (Å²) in [5, 5.41) is 10.0. The predicted molar refractivity (Wildman–Crippen MR) is 130 cm³/mol. The number of fused-ring (bicyclic) bond motifs is 1. The number of nitrogens with one attached hydrogen (secondary N) is 2. The van der Waals surface area contributed by atoms with Crippen LogP contribution in [0.15, 0.2) is 36.7 Å². The molecule has 1 aliphatic heterocycles. The van der Waals surface area contributed by atoms with Gasteiger partial charge >= 0.3 is 0 Å². The lowest BCUT2D eigenvalue weighted by atomic mass is 10.00. The first kappa shape index (κ1) is 24.6. The fraction of sp³-hybridized carbons (Fsp3) is 0.348. The molecule has 2 amide bonds. The minimum absolute atomic E-state index is 0.0273. The number of sulfonamides is 1. The fourth-order valence-electron chi connectivity index (χ4n) is 4.43. The van der Waals surface area contributed by atoms with Crippen molar-refractivity contribution in [1.29, 1.82) is 0 Å². The van der Waals surface area contributed by atoms with Gasteiger partial charge in [-0.3, -0.25) is 9.59 Å². The highest BCUT2D eigenvalue weighted by Gasteiger charge is 2.36. The van der Waals surface area contributed by atoms with E-state index in [4.69, 9.17) is 5.73 Å². The highest BCUT2D eigenvalue weighted by Crippen LogP contribution is 2.32. The Labute approximate surface area is 202 Å². The first-order valence-electron chi connectivity index (χ1n) is 11.1. The number of halogens is 1. The number of amides is 2. The van der Waals surface area contributed by atoms with Crippen LogP contribution in [0.2, 0.25) is 0 Å². The van der Waals surface area contributed by atoms with Crippen LogP contribution in [0.25, 0.3) is 16.6 Å². The number of rotatable bonds is 7. The lowest BCUT2D eigenvalue weighted by molar-refractivity contribution is 0.0957. The van der Waals surface area contributed by atoms with Crippen molar-refractivity contribution in [3.63, 3.8) is 0 Å². The lowest BCUT2D eigenvalue weighted by Gasteiger charge is -2.21. The molecule has 1 saturated heterocycles. The third-order valence-corrected chi connectivity index (χ3v) is 7.64. The first-order valence-corrected chi connectivity index (χ1v) is 12.9. The molecule has 3 aromatic rings. The number of carbonyl (C=O) groups excluding carboxylic acids is 2. The predicted octanol–water partition coefficient (Wildman–Crippen LogP) is 1.68. The van der Waals surface area contributed by atoms with E-state index in [0.29, 0.717) is 28.9 Å². The van der Waals surface area contributed by atoms with E-state index in [-0.39, 0.29) is 29.6 Å². The van der Waals surface area contributed by atoms with Crippen molar-refractivity contribution in [2.45, 2.75) is 19.4 Å². The summed E-state index contributed by atoms with van der Waals surface area (Å²) in [6.45, 7) is 2.61. The van der Waals surface area contributed by atoms with Gasteiger partial charge in [0.1, 0.15) is 5.82 Å². The normalized spacial score (nSPS) is 18.6. The molecule has 10 nitrogen and oxygen atoms in total. The summed E-state index contributed by atoms with van der Waals surface area (Å²) >= 11 is 0. The smallest absolute Gasteiger partial charge is 0.253 e. The van der Waals surface area contributed by atoms with E-state index in [1.54, 1.807) is 22.8 Å². The molecule has 0 aliphatic carbocycles. The minimum Gasteiger partial charge on any atom is -0.378 e. The van der Waals surface area contributed by atoms with Gasteiger partial charge in [0.15, 0.2) is 0 Å². The molecule has 2 aromatic heterocycles. The average Bonchev–Trinajstić information content (AvgIpc) is 3.42. The molecule has 1 fully saturated rings. The minimum atomic E-state index is -3.37. The topological polar surface area (TPSA) is 139 Å². The number of benzene rings is 1. The van der Waals surface area contributed by atoms with E-state index in [1.165, 1.54) is 35.9 Å². The molecule has 3 heterocycles. The monoisotopic (exact) mass is 502 g/mol. The molecule has 0 spiro atoms. The Morgan fingerprint density at radius 2 is 1.94 bits per heavy atom. The maximum Gasteiger partial charge on any atom is 0.253 e. The maximum atomic E-state index is 14.6. The number of hydrogen-bond donors (Lipinski definition) is 3. The molecule has 35 heavy (non-hydrogen) atoms. The van der Waals surface area contributed by atoms with E-state index < -0.39 is 27.7 Å². The number of aromatic nitrogens is 2. The molecule has 4 N–H and O–H groups in total. The van der Waals surface area contributed by atoms with Crippen LogP contribution >= 0.6 is 0 Å². The molecule has 0 saturated carbocycles. The van der Waals surface area contributed by atoms with E-state index >= 15 is 0 Å². The number of hydrogen-bond acceptors (Lipinski definition) is 6. The van der Waals surface area contributed by atoms with E-state index in [1.807, 2.05) is 6.92 Å². The van der Waals surface area contributed by atoms with Gasteiger partial charge in [-0.2, -0.15) is 9.40 Å². The van der Waals surface area contributed by atoms with Crippen molar-refractivity contribution in [3.05, 3.63) is 53.6 Å². The third kappa shape index (κ3) is 4.71. The zero-order valence-electron chi connectivity index (χ0n) is 19.6. The van der Waals surface area contributed by atoms with Gasteiger partial charge in [-0.25, -0.2) is 17.3 Å². The van der Waals surface area contributed by atoms with Gasteiger partial charge in [-0.05, 0) is 29.7 Å². The Kier molecular flexibility index (Phi) is 6.52. The van der Waals surface area contributed by atoms with Gasteiger partial charge in [-0.1, -0.05) is 19.4 Å². The van der Waals surface area contributed by atoms with Crippen molar-refractivity contribution in [1.82, 2.24) is 19.2 Å². The largest absolute Gasteiger partial charge is 0.378 e. The zero-order valence-corrected chi connectivity index (χ0v) is 20.4. The van der Waals surface area contributed by atoms with Crippen molar-refractivity contribution < 1.29 is 22.4 Å². The quantitative estimate of drug-likeness (QED) is 0.449. The Hall–Kier alpha value is -3.51. The van der Waals surface area contributed by atoms with E-state index in [0.717, 1.165) is 6.42 Å². The van der Waals surface area contributed by atoms with Crippen LogP contribution in [0.5, 0.6) is 0 Å². The SMILES string of the molecule is CC[C@H]1CN(S(C)(=O)=O)C[C@H]1Nc1c(C(N)=O)cnn2cc(-c3ccc(C(=O)NC)c(F)c3)cc12. The van der Waals surface area contributed by atoms with E-state index in [9.17, 15) is 22.4 Å². The molecule has 1 aliphatic rings. The third-order valence-electron chi connectivity index (χ3n) is 6.41. The van der Waals surface area contributed by atoms with Gasteiger partial charge in [0, 0.05) is 37.9 Å². The average molecular weight is 503 g/mol.